The quantitative estimate of drug-likeness (QED) is 0.728. The lowest BCUT2D eigenvalue weighted by Gasteiger charge is -2.32. The summed E-state index contributed by atoms with van der Waals surface area (Å²) in [6, 6.07) is 0. The third kappa shape index (κ3) is 5.54. The van der Waals surface area contributed by atoms with Crippen LogP contribution in [0.1, 0.15) is 33.6 Å². The van der Waals surface area contributed by atoms with Crippen molar-refractivity contribution in [1.82, 2.24) is 4.90 Å². The van der Waals surface area contributed by atoms with Gasteiger partial charge in [0.25, 0.3) is 0 Å². The van der Waals surface area contributed by atoms with Gasteiger partial charge in [0.1, 0.15) is 5.60 Å². The first kappa shape index (κ1) is 15.0. The number of hydrogen-bond donors (Lipinski definition) is 0. The fourth-order valence-corrected chi connectivity index (χ4v) is 1.95. The molecule has 4 nitrogen and oxygen atoms in total. The molecule has 0 aromatic heterocycles. The van der Waals surface area contributed by atoms with E-state index in [1.807, 2.05) is 26.8 Å². The van der Waals surface area contributed by atoms with E-state index in [0.717, 1.165) is 25.9 Å². The van der Waals surface area contributed by atoms with Gasteiger partial charge in [0, 0.05) is 20.2 Å². The number of nitrogens with zero attached hydrogens (tertiary/aromatic N) is 1. The van der Waals surface area contributed by atoms with Gasteiger partial charge in [-0.15, -0.1) is 0 Å². The monoisotopic (exact) mass is 255 g/mol. The van der Waals surface area contributed by atoms with E-state index in [1.54, 1.807) is 12.0 Å². The van der Waals surface area contributed by atoms with Gasteiger partial charge in [-0.2, -0.15) is 0 Å². The van der Waals surface area contributed by atoms with Crippen LogP contribution in [0.3, 0.4) is 0 Å². The SMILES string of the molecule is COC/C=C/C1CCN(C(=O)OC(C)(C)C)CC1. The zero-order valence-electron chi connectivity index (χ0n) is 11.9. The Kier molecular flexibility index (Phi) is 5.66. The van der Waals surface area contributed by atoms with Crippen molar-refractivity contribution in [3.63, 3.8) is 0 Å². The number of amides is 1. The average molecular weight is 255 g/mol. The van der Waals surface area contributed by atoms with E-state index >= 15 is 0 Å². The van der Waals surface area contributed by atoms with Crippen LogP contribution in [0.4, 0.5) is 4.79 Å². The smallest absolute Gasteiger partial charge is 0.410 e. The van der Waals surface area contributed by atoms with Gasteiger partial charge in [-0.05, 0) is 39.5 Å². The highest BCUT2D eigenvalue weighted by molar-refractivity contribution is 5.68. The minimum absolute atomic E-state index is 0.193. The number of piperidine rings is 1. The lowest BCUT2D eigenvalue weighted by molar-refractivity contribution is 0.0197. The molecule has 1 fully saturated rings. The van der Waals surface area contributed by atoms with Crippen LogP contribution in [-0.2, 0) is 9.47 Å². The minimum atomic E-state index is -0.410. The third-order valence-electron chi connectivity index (χ3n) is 2.86. The highest BCUT2D eigenvalue weighted by Crippen LogP contribution is 2.20. The standard InChI is InChI=1S/C14H25NO3/c1-14(2,3)18-13(16)15-9-7-12(8-10-15)6-5-11-17-4/h5-6,12H,7-11H2,1-4H3/b6-5+. The lowest BCUT2D eigenvalue weighted by atomic mass is 9.97. The molecule has 1 saturated heterocycles. The largest absolute Gasteiger partial charge is 0.444 e. The maximum absolute atomic E-state index is 11.8. The maximum atomic E-state index is 11.8. The average Bonchev–Trinajstić information content (AvgIpc) is 2.28. The van der Waals surface area contributed by atoms with E-state index in [9.17, 15) is 4.79 Å². The summed E-state index contributed by atoms with van der Waals surface area (Å²) in [7, 11) is 1.69. The number of ether oxygens (including phenoxy) is 2. The molecule has 1 amide bonds. The summed E-state index contributed by atoms with van der Waals surface area (Å²) in [5.74, 6) is 0.554. The fraction of sp³-hybridized carbons (Fsp3) is 0.786. The van der Waals surface area contributed by atoms with Crippen LogP contribution < -0.4 is 0 Å². The van der Waals surface area contributed by atoms with Crippen LogP contribution in [0.2, 0.25) is 0 Å². The molecule has 1 aliphatic heterocycles. The summed E-state index contributed by atoms with van der Waals surface area (Å²) in [5, 5.41) is 0. The number of likely N-dealkylation sites (tertiary alicyclic amines) is 1. The molecule has 1 rings (SSSR count). The summed E-state index contributed by atoms with van der Waals surface area (Å²) in [6.45, 7) is 7.89. The Bertz CT molecular complexity index is 286. The van der Waals surface area contributed by atoms with Crippen LogP contribution in [0.25, 0.3) is 0 Å². The van der Waals surface area contributed by atoms with Crippen molar-refractivity contribution in [2.75, 3.05) is 26.8 Å². The van der Waals surface area contributed by atoms with Gasteiger partial charge < -0.3 is 14.4 Å². The van der Waals surface area contributed by atoms with Crippen LogP contribution in [0.15, 0.2) is 12.2 Å². The Labute approximate surface area is 110 Å². The molecule has 0 N–H and O–H groups in total. The summed E-state index contributed by atoms with van der Waals surface area (Å²) >= 11 is 0. The van der Waals surface area contributed by atoms with Crippen LogP contribution in [-0.4, -0.2) is 43.4 Å². The summed E-state index contributed by atoms with van der Waals surface area (Å²) < 4.78 is 10.3. The topological polar surface area (TPSA) is 38.8 Å². The highest BCUT2D eigenvalue weighted by atomic mass is 16.6. The molecule has 1 aliphatic rings. The van der Waals surface area contributed by atoms with Crippen molar-refractivity contribution < 1.29 is 14.3 Å². The van der Waals surface area contributed by atoms with E-state index in [1.165, 1.54) is 0 Å². The van der Waals surface area contributed by atoms with E-state index in [-0.39, 0.29) is 6.09 Å². The van der Waals surface area contributed by atoms with E-state index in [4.69, 9.17) is 9.47 Å². The summed E-state index contributed by atoms with van der Waals surface area (Å²) in [4.78, 5) is 13.6. The van der Waals surface area contributed by atoms with Gasteiger partial charge in [0.05, 0.1) is 6.61 Å². The number of allylic oxidation sites excluding steroid dienone is 1. The summed E-state index contributed by atoms with van der Waals surface area (Å²) in [5.41, 5.74) is -0.410. The predicted molar refractivity (Wildman–Crippen MR) is 71.5 cm³/mol. The third-order valence-corrected chi connectivity index (χ3v) is 2.86. The summed E-state index contributed by atoms with van der Waals surface area (Å²) in [6.07, 6.45) is 6.05. The van der Waals surface area contributed by atoms with Crippen LogP contribution >= 0.6 is 0 Å². The number of carbonyl (C=O) groups is 1. The Hall–Kier alpha value is -1.03. The van der Waals surface area contributed by atoms with Crippen molar-refractivity contribution in [3.8, 4) is 0 Å². The molecule has 0 radical (unpaired) electrons. The number of rotatable bonds is 3. The molecular weight excluding hydrogens is 230 g/mol. The maximum Gasteiger partial charge on any atom is 0.410 e. The van der Waals surface area contributed by atoms with Gasteiger partial charge in [0.15, 0.2) is 0 Å². The molecule has 0 aromatic rings. The molecule has 0 aliphatic carbocycles. The Morgan fingerprint density at radius 1 is 1.33 bits per heavy atom. The van der Waals surface area contributed by atoms with Crippen molar-refractivity contribution in [2.24, 2.45) is 5.92 Å². The lowest BCUT2D eigenvalue weighted by Crippen LogP contribution is -2.41. The number of carbonyl (C=O) groups excluding carboxylic acids is 1. The molecule has 0 saturated carbocycles. The molecule has 0 spiro atoms. The molecule has 0 unspecified atom stereocenters. The Balaban J connectivity index is 2.33. The van der Waals surface area contributed by atoms with Gasteiger partial charge in [-0.1, -0.05) is 12.2 Å². The van der Waals surface area contributed by atoms with Crippen molar-refractivity contribution in [1.29, 1.82) is 0 Å². The fourth-order valence-electron chi connectivity index (χ4n) is 1.95. The first-order valence-electron chi connectivity index (χ1n) is 6.56. The van der Waals surface area contributed by atoms with Gasteiger partial charge in [-0.25, -0.2) is 4.79 Å². The van der Waals surface area contributed by atoms with E-state index < -0.39 is 5.60 Å². The van der Waals surface area contributed by atoms with Gasteiger partial charge in [-0.3, -0.25) is 0 Å². The second-order valence-corrected chi connectivity index (χ2v) is 5.69. The molecule has 18 heavy (non-hydrogen) atoms. The zero-order valence-corrected chi connectivity index (χ0v) is 11.9. The predicted octanol–water partition coefficient (Wildman–Crippen LogP) is 2.84. The Morgan fingerprint density at radius 3 is 2.44 bits per heavy atom. The molecule has 104 valence electrons. The van der Waals surface area contributed by atoms with Crippen molar-refractivity contribution in [3.05, 3.63) is 12.2 Å². The normalized spacial score (nSPS) is 18.3. The van der Waals surface area contributed by atoms with Crippen molar-refractivity contribution >= 4 is 6.09 Å². The molecule has 0 atom stereocenters. The van der Waals surface area contributed by atoms with Crippen molar-refractivity contribution in [2.45, 2.75) is 39.2 Å². The van der Waals surface area contributed by atoms with Gasteiger partial charge >= 0.3 is 6.09 Å². The number of hydrogen-bond acceptors (Lipinski definition) is 3. The molecule has 0 aromatic carbocycles. The highest BCUT2D eigenvalue weighted by Gasteiger charge is 2.25. The first-order chi connectivity index (χ1) is 8.42. The van der Waals surface area contributed by atoms with E-state index in [0.29, 0.717) is 12.5 Å². The molecule has 1 heterocycles. The van der Waals surface area contributed by atoms with Gasteiger partial charge in [0.2, 0.25) is 0 Å². The second-order valence-electron chi connectivity index (χ2n) is 5.69. The molecule has 0 bridgehead atoms. The van der Waals surface area contributed by atoms with E-state index in [2.05, 4.69) is 6.08 Å². The van der Waals surface area contributed by atoms with Crippen LogP contribution in [0.5, 0.6) is 0 Å². The minimum Gasteiger partial charge on any atom is -0.444 e. The molecular formula is C14H25NO3. The Morgan fingerprint density at radius 2 is 1.94 bits per heavy atom. The first-order valence-corrected chi connectivity index (χ1v) is 6.56. The van der Waals surface area contributed by atoms with Crippen LogP contribution in [0, 0.1) is 5.92 Å². The second kappa shape index (κ2) is 6.78. The zero-order chi connectivity index (χ0) is 13.6. The molecule has 4 heteroatoms. The number of methoxy groups -OCH3 is 1.